The van der Waals surface area contributed by atoms with Gasteiger partial charge >= 0.3 is 0 Å². The molecule has 0 bridgehead atoms. The van der Waals surface area contributed by atoms with E-state index in [0.29, 0.717) is 6.42 Å². The molecule has 1 saturated heterocycles. The average Bonchev–Trinajstić information content (AvgIpc) is 3.21. The van der Waals surface area contributed by atoms with Crippen molar-refractivity contribution in [1.82, 2.24) is 5.32 Å². The zero-order valence-electron chi connectivity index (χ0n) is 36.3. The molecular weight excluding hydrogens is 719 g/mol. The van der Waals surface area contributed by atoms with Crippen LogP contribution in [0.1, 0.15) is 194 Å². The average molecular weight is 806 g/mol. The third-order valence-corrected chi connectivity index (χ3v) is 10.9. The van der Waals surface area contributed by atoms with E-state index in [0.717, 1.165) is 57.8 Å². The van der Waals surface area contributed by atoms with Crippen molar-refractivity contribution in [2.75, 3.05) is 13.2 Å². The number of rotatable bonds is 38. The van der Waals surface area contributed by atoms with Crippen molar-refractivity contribution in [1.29, 1.82) is 0 Å². The van der Waals surface area contributed by atoms with Gasteiger partial charge in [0, 0.05) is 6.42 Å². The van der Waals surface area contributed by atoms with E-state index in [9.17, 15) is 30.3 Å². The highest BCUT2D eigenvalue weighted by Crippen LogP contribution is 2.22. The Morgan fingerprint density at radius 2 is 1.05 bits per heavy atom. The molecule has 57 heavy (non-hydrogen) atoms. The summed E-state index contributed by atoms with van der Waals surface area (Å²) in [5.74, 6) is -0.197. The monoisotopic (exact) mass is 806 g/mol. The van der Waals surface area contributed by atoms with Crippen LogP contribution in [-0.2, 0) is 14.3 Å². The molecule has 7 atom stereocenters. The largest absolute Gasteiger partial charge is 0.394 e. The first-order chi connectivity index (χ1) is 27.8. The Hall–Kier alpha value is -1.85. The van der Waals surface area contributed by atoms with Crippen LogP contribution in [-0.4, -0.2) is 87.5 Å². The molecule has 1 fully saturated rings. The third-order valence-electron chi connectivity index (χ3n) is 10.9. The van der Waals surface area contributed by atoms with Gasteiger partial charge in [0.25, 0.3) is 0 Å². The molecule has 0 aromatic carbocycles. The number of aliphatic hydroxyl groups excluding tert-OH is 5. The number of hydrogen-bond acceptors (Lipinski definition) is 8. The van der Waals surface area contributed by atoms with Gasteiger partial charge < -0.3 is 40.3 Å². The van der Waals surface area contributed by atoms with Gasteiger partial charge in [-0.1, -0.05) is 172 Å². The summed E-state index contributed by atoms with van der Waals surface area (Å²) < 4.78 is 11.2. The molecule has 7 unspecified atom stereocenters. The van der Waals surface area contributed by atoms with Crippen molar-refractivity contribution in [2.24, 2.45) is 0 Å². The van der Waals surface area contributed by atoms with Crippen LogP contribution in [0.15, 0.2) is 48.6 Å². The van der Waals surface area contributed by atoms with Crippen LogP contribution in [0.2, 0.25) is 0 Å². The first kappa shape index (κ1) is 53.2. The van der Waals surface area contributed by atoms with E-state index in [-0.39, 0.29) is 12.5 Å². The lowest BCUT2D eigenvalue weighted by Crippen LogP contribution is -2.60. The molecule has 1 aliphatic heterocycles. The summed E-state index contributed by atoms with van der Waals surface area (Å²) in [6, 6.07) is -0.825. The minimum absolute atomic E-state index is 0.197. The van der Waals surface area contributed by atoms with E-state index in [4.69, 9.17) is 9.47 Å². The van der Waals surface area contributed by atoms with E-state index in [1.165, 1.54) is 116 Å². The Bertz CT molecular complexity index is 1030. The maximum Gasteiger partial charge on any atom is 0.220 e. The summed E-state index contributed by atoms with van der Waals surface area (Å²) in [7, 11) is 0. The van der Waals surface area contributed by atoms with Gasteiger partial charge in [-0.3, -0.25) is 4.79 Å². The first-order valence-electron chi connectivity index (χ1n) is 23.4. The Morgan fingerprint density at radius 3 is 1.58 bits per heavy atom. The molecule has 332 valence electrons. The Morgan fingerprint density at radius 1 is 0.596 bits per heavy atom. The highest BCUT2D eigenvalue weighted by Gasteiger charge is 2.44. The number of allylic oxidation sites excluding steroid dienone is 7. The number of ether oxygens (including phenoxy) is 2. The standard InChI is InChI=1S/C48H87NO8/c1-3-5-7-9-11-13-15-16-17-18-19-20-21-22-23-24-25-26-28-30-32-34-36-38-44(52)49-41(40-56-48-47(55)46(54)45(53)43(39-50)57-48)42(51)37-35-33-31-29-27-14-12-10-8-6-4-2/h19-20,22-23,27,29,35,37,41-43,45-48,50-51,53-55H,3-18,21,24-26,28,30-34,36,38-40H2,1-2H3,(H,49,52)/b20-19-,23-22-,29-27+,37-35+. The summed E-state index contributed by atoms with van der Waals surface area (Å²) >= 11 is 0. The fourth-order valence-electron chi connectivity index (χ4n) is 7.08. The number of carbonyl (C=O) groups excluding carboxylic acids is 1. The quantitative estimate of drug-likeness (QED) is 0.0267. The summed E-state index contributed by atoms with van der Waals surface area (Å²) in [4.78, 5) is 12.9. The van der Waals surface area contributed by atoms with Gasteiger partial charge in [-0.15, -0.1) is 0 Å². The van der Waals surface area contributed by atoms with Gasteiger partial charge in [-0.2, -0.15) is 0 Å². The van der Waals surface area contributed by atoms with Crippen LogP contribution < -0.4 is 5.32 Å². The summed E-state index contributed by atoms with van der Waals surface area (Å²) in [5.41, 5.74) is 0. The van der Waals surface area contributed by atoms with E-state index in [1.807, 2.05) is 6.08 Å². The number of unbranched alkanes of at least 4 members (excludes halogenated alkanes) is 22. The van der Waals surface area contributed by atoms with Crippen LogP contribution in [0, 0.1) is 0 Å². The highest BCUT2D eigenvalue weighted by atomic mass is 16.7. The summed E-state index contributed by atoms with van der Waals surface area (Å²) in [6.45, 7) is 3.72. The molecule has 0 aromatic rings. The lowest BCUT2D eigenvalue weighted by atomic mass is 9.99. The van der Waals surface area contributed by atoms with Crippen molar-refractivity contribution >= 4 is 5.91 Å². The number of carbonyl (C=O) groups is 1. The van der Waals surface area contributed by atoms with Crippen LogP contribution in [0.4, 0.5) is 0 Å². The molecule has 9 heteroatoms. The molecule has 0 radical (unpaired) electrons. The lowest BCUT2D eigenvalue weighted by Gasteiger charge is -2.40. The molecule has 1 rings (SSSR count). The van der Waals surface area contributed by atoms with Gasteiger partial charge in [0.1, 0.15) is 24.4 Å². The van der Waals surface area contributed by atoms with Gasteiger partial charge in [0.15, 0.2) is 6.29 Å². The Labute approximate surface area is 348 Å². The van der Waals surface area contributed by atoms with Crippen LogP contribution in [0.3, 0.4) is 0 Å². The third kappa shape index (κ3) is 29.1. The highest BCUT2D eigenvalue weighted by molar-refractivity contribution is 5.76. The molecule has 1 amide bonds. The predicted octanol–water partition coefficient (Wildman–Crippen LogP) is 9.84. The smallest absolute Gasteiger partial charge is 0.220 e. The minimum Gasteiger partial charge on any atom is -0.394 e. The number of hydrogen-bond donors (Lipinski definition) is 6. The predicted molar refractivity (Wildman–Crippen MR) is 235 cm³/mol. The first-order valence-corrected chi connectivity index (χ1v) is 23.4. The second-order valence-electron chi connectivity index (χ2n) is 16.2. The van der Waals surface area contributed by atoms with Crippen LogP contribution in [0.5, 0.6) is 0 Å². The van der Waals surface area contributed by atoms with Crippen molar-refractivity contribution in [3.05, 3.63) is 48.6 Å². The summed E-state index contributed by atoms with van der Waals surface area (Å²) in [5, 5.41) is 54.0. The normalized spacial score (nSPS) is 21.4. The Kier molecular flexibility index (Phi) is 35.8. The maximum atomic E-state index is 12.9. The molecule has 9 nitrogen and oxygen atoms in total. The zero-order chi connectivity index (χ0) is 41.6. The molecule has 1 heterocycles. The Balaban J connectivity index is 2.30. The second kappa shape index (κ2) is 38.4. The molecule has 0 aliphatic carbocycles. The van der Waals surface area contributed by atoms with Crippen molar-refractivity contribution in [3.8, 4) is 0 Å². The van der Waals surface area contributed by atoms with E-state index >= 15 is 0 Å². The zero-order valence-corrected chi connectivity index (χ0v) is 36.3. The van der Waals surface area contributed by atoms with Crippen molar-refractivity contribution < 1.29 is 39.8 Å². The SMILES string of the molecule is CCCCCCC/C=C/CC/C=C/C(O)C(COC1OC(CO)C(O)C(O)C1O)NC(=O)CCCCCCCCC/C=C\C/C=C\CCCCCCCCCCC. The molecule has 6 N–H and O–H groups in total. The molecule has 0 aromatic heterocycles. The van der Waals surface area contributed by atoms with E-state index in [1.54, 1.807) is 6.08 Å². The van der Waals surface area contributed by atoms with E-state index in [2.05, 4.69) is 55.6 Å². The van der Waals surface area contributed by atoms with Gasteiger partial charge in [-0.25, -0.2) is 0 Å². The minimum atomic E-state index is -1.57. The fraction of sp³-hybridized carbons (Fsp3) is 0.812. The van der Waals surface area contributed by atoms with E-state index < -0.39 is 49.5 Å². The second-order valence-corrected chi connectivity index (χ2v) is 16.2. The number of aliphatic hydroxyl groups is 5. The van der Waals surface area contributed by atoms with Crippen LogP contribution >= 0.6 is 0 Å². The molecule has 1 aliphatic rings. The lowest BCUT2D eigenvalue weighted by molar-refractivity contribution is -0.302. The summed E-state index contributed by atoms with van der Waals surface area (Å²) in [6.07, 6.45) is 41.7. The van der Waals surface area contributed by atoms with Gasteiger partial charge in [-0.05, 0) is 64.2 Å². The molecule has 0 saturated carbocycles. The van der Waals surface area contributed by atoms with Crippen LogP contribution in [0.25, 0.3) is 0 Å². The number of nitrogens with one attached hydrogen (secondary N) is 1. The van der Waals surface area contributed by atoms with Crippen molar-refractivity contribution in [3.63, 3.8) is 0 Å². The van der Waals surface area contributed by atoms with Gasteiger partial charge in [0.05, 0.1) is 25.4 Å². The maximum absolute atomic E-state index is 12.9. The fourth-order valence-corrected chi connectivity index (χ4v) is 7.08. The molecule has 0 spiro atoms. The number of amides is 1. The van der Waals surface area contributed by atoms with Gasteiger partial charge in [0.2, 0.25) is 5.91 Å². The van der Waals surface area contributed by atoms with Crippen molar-refractivity contribution in [2.45, 2.75) is 236 Å². The molecular formula is C48H87NO8. The topological polar surface area (TPSA) is 149 Å².